The van der Waals surface area contributed by atoms with Crippen LogP contribution in [0.2, 0.25) is 0 Å². The summed E-state index contributed by atoms with van der Waals surface area (Å²) >= 11 is 0. The molecule has 0 saturated heterocycles. The van der Waals surface area contributed by atoms with E-state index in [2.05, 4.69) is 164 Å². The van der Waals surface area contributed by atoms with Crippen LogP contribution in [0.4, 0.5) is 11.4 Å². The second kappa shape index (κ2) is 12.4. The molecule has 1 aliphatic carbocycles. The Kier molecular flexibility index (Phi) is 7.17. The van der Waals surface area contributed by atoms with Gasteiger partial charge in [-0.05, 0) is 85.4 Å². The van der Waals surface area contributed by atoms with Crippen LogP contribution in [0.5, 0.6) is 0 Å². The first-order valence-corrected chi connectivity index (χ1v) is 19.2. The second-order valence-electron chi connectivity index (χ2n) is 15.2. The topological polar surface area (TPSA) is 41.9 Å². The Morgan fingerprint density at radius 3 is 1.77 bits per heavy atom. The van der Waals surface area contributed by atoms with E-state index < -0.39 is 0 Å². The van der Waals surface area contributed by atoms with Gasteiger partial charge in [0.05, 0.1) is 5.69 Å². The normalized spacial score (nSPS) is 13.6. The van der Waals surface area contributed by atoms with Crippen LogP contribution in [-0.2, 0) is 5.41 Å². The largest absolute Gasteiger partial charge is 0.316 e. The average molecular weight is 717 g/mol. The standard InChI is InChI=1S/C52H36N4/c1-52(2)45-32-36(27-28-42(45)44-31-37-20-12-19-33-29-30-56(38-21-10-5-11-22-38)48(46(33)37)47(44)52)39-23-13-25-41-40(39)24-14-26-43(41)51-54-49(34-15-6-3-7-16-34)53-50(55-51)35-17-8-4-9-18-35/h3-32H,1-2H3. The van der Waals surface area contributed by atoms with Gasteiger partial charge in [0.25, 0.3) is 0 Å². The third-order valence-corrected chi connectivity index (χ3v) is 11.6. The van der Waals surface area contributed by atoms with E-state index in [1.54, 1.807) is 0 Å². The van der Waals surface area contributed by atoms with Crippen LogP contribution in [0.25, 0.3) is 84.0 Å². The number of aromatic nitrogens is 3. The molecule has 0 fully saturated rings. The summed E-state index contributed by atoms with van der Waals surface area (Å²) in [7, 11) is 0. The molecule has 1 aromatic heterocycles. The molecule has 1 aliphatic heterocycles. The van der Waals surface area contributed by atoms with Gasteiger partial charge in [-0.3, -0.25) is 0 Å². The monoisotopic (exact) mass is 716 g/mol. The molecule has 9 aromatic rings. The minimum atomic E-state index is -0.252. The highest BCUT2D eigenvalue weighted by Crippen LogP contribution is 2.57. The van der Waals surface area contributed by atoms with Crippen LogP contribution in [0.3, 0.4) is 0 Å². The lowest BCUT2D eigenvalue weighted by atomic mass is 9.78. The number of hydrogen-bond donors (Lipinski definition) is 0. The van der Waals surface area contributed by atoms with Crippen molar-refractivity contribution >= 4 is 39.0 Å². The molecule has 56 heavy (non-hydrogen) atoms. The molecule has 0 spiro atoms. The number of hydrogen-bond acceptors (Lipinski definition) is 4. The van der Waals surface area contributed by atoms with E-state index in [9.17, 15) is 0 Å². The molecule has 0 unspecified atom stereocenters. The molecule has 8 aromatic carbocycles. The molecular weight excluding hydrogens is 681 g/mol. The van der Waals surface area contributed by atoms with E-state index in [1.165, 1.54) is 55.4 Å². The Morgan fingerprint density at radius 1 is 0.464 bits per heavy atom. The molecule has 2 aliphatic rings. The van der Waals surface area contributed by atoms with Crippen LogP contribution in [0.15, 0.2) is 176 Å². The molecule has 0 saturated carbocycles. The quantitative estimate of drug-likeness (QED) is 0.178. The van der Waals surface area contributed by atoms with Crippen LogP contribution in [-0.4, -0.2) is 15.0 Å². The zero-order chi connectivity index (χ0) is 37.4. The highest BCUT2D eigenvalue weighted by Gasteiger charge is 2.40. The van der Waals surface area contributed by atoms with E-state index in [0.717, 1.165) is 33.2 Å². The predicted octanol–water partition coefficient (Wildman–Crippen LogP) is 13.3. The first-order valence-electron chi connectivity index (χ1n) is 19.2. The molecule has 4 heteroatoms. The van der Waals surface area contributed by atoms with E-state index in [4.69, 9.17) is 15.0 Å². The maximum atomic E-state index is 5.09. The Labute approximate surface area is 326 Å². The van der Waals surface area contributed by atoms with Crippen molar-refractivity contribution in [1.82, 2.24) is 15.0 Å². The third-order valence-electron chi connectivity index (χ3n) is 11.6. The summed E-state index contributed by atoms with van der Waals surface area (Å²) < 4.78 is 0. The van der Waals surface area contributed by atoms with Gasteiger partial charge in [-0.1, -0.05) is 159 Å². The molecule has 2 heterocycles. The first kappa shape index (κ1) is 32.3. The molecule has 0 atom stereocenters. The number of rotatable bonds is 5. The van der Waals surface area contributed by atoms with Crippen molar-refractivity contribution in [3.63, 3.8) is 0 Å². The number of fused-ring (bicyclic) bond motifs is 5. The lowest BCUT2D eigenvalue weighted by molar-refractivity contribution is 0.661. The van der Waals surface area contributed by atoms with Gasteiger partial charge in [0.2, 0.25) is 0 Å². The molecule has 0 radical (unpaired) electrons. The summed E-state index contributed by atoms with van der Waals surface area (Å²) in [4.78, 5) is 17.5. The van der Waals surface area contributed by atoms with Crippen molar-refractivity contribution in [1.29, 1.82) is 0 Å². The van der Waals surface area contributed by atoms with E-state index in [1.807, 2.05) is 36.4 Å². The SMILES string of the molecule is CC1(C)c2cc(-c3cccc4c(-c5nc(-c6ccccc6)nc(-c6ccccc6)n5)cccc34)ccc2-c2cc3cccc4c3c(c21)N(c1ccccc1)C=C4. The minimum absolute atomic E-state index is 0.252. The van der Waals surface area contributed by atoms with Crippen LogP contribution in [0.1, 0.15) is 30.5 Å². The fraction of sp³-hybridized carbons (Fsp3) is 0.0577. The first-order chi connectivity index (χ1) is 27.5. The van der Waals surface area contributed by atoms with Gasteiger partial charge in [0.15, 0.2) is 17.5 Å². The molecule has 0 bridgehead atoms. The Hall–Kier alpha value is -7.17. The summed E-state index contributed by atoms with van der Waals surface area (Å²) in [6, 6.07) is 60.3. The van der Waals surface area contributed by atoms with E-state index in [-0.39, 0.29) is 5.41 Å². The summed E-state index contributed by atoms with van der Waals surface area (Å²) in [5, 5.41) is 4.84. The van der Waals surface area contributed by atoms with Gasteiger partial charge >= 0.3 is 0 Å². The Bertz CT molecular complexity index is 2980. The predicted molar refractivity (Wildman–Crippen MR) is 232 cm³/mol. The summed E-state index contributed by atoms with van der Waals surface area (Å²) in [5.74, 6) is 1.97. The fourth-order valence-electron chi connectivity index (χ4n) is 9.00. The summed E-state index contributed by atoms with van der Waals surface area (Å²) in [6.07, 6.45) is 4.49. The van der Waals surface area contributed by atoms with Crippen molar-refractivity contribution in [3.05, 3.63) is 193 Å². The summed E-state index contributed by atoms with van der Waals surface area (Å²) in [6.45, 7) is 4.79. The van der Waals surface area contributed by atoms with Gasteiger partial charge in [-0.15, -0.1) is 0 Å². The molecule has 0 N–H and O–H groups in total. The maximum absolute atomic E-state index is 5.09. The highest BCUT2D eigenvalue weighted by molar-refractivity contribution is 6.11. The van der Waals surface area contributed by atoms with Crippen molar-refractivity contribution in [2.24, 2.45) is 0 Å². The Morgan fingerprint density at radius 2 is 1.07 bits per heavy atom. The summed E-state index contributed by atoms with van der Waals surface area (Å²) in [5.41, 5.74) is 14.0. The Balaban J connectivity index is 1.07. The van der Waals surface area contributed by atoms with Gasteiger partial charge in [-0.25, -0.2) is 15.0 Å². The van der Waals surface area contributed by atoms with Crippen LogP contribution < -0.4 is 4.90 Å². The molecule has 11 rings (SSSR count). The molecular formula is C52H36N4. The second-order valence-corrected chi connectivity index (χ2v) is 15.2. The van der Waals surface area contributed by atoms with Crippen molar-refractivity contribution in [2.75, 3.05) is 4.90 Å². The highest BCUT2D eigenvalue weighted by atomic mass is 15.1. The number of nitrogens with zero attached hydrogens (tertiary/aromatic N) is 4. The van der Waals surface area contributed by atoms with Gasteiger partial charge in [-0.2, -0.15) is 0 Å². The lowest BCUT2D eigenvalue weighted by Gasteiger charge is -2.33. The molecule has 264 valence electrons. The number of benzene rings is 8. The van der Waals surface area contributed by atoms with Crippen molar-refractivity contribution < 1.29 is 0 Å². The zero-order valence-corrected chi connectivity index (χ0v) is 31.1. The third kappa shape index (κ3) is 4.96. The van der Waals surface area contributed by atoms with E-state index >= 15 is 0 Å². The van der Waals surface area contributed by atoms with Crippen molar-refractivity contribution in [3.8, 4) is 56.4 Å². The molecule has 4 nitrogen and oxygen atoms in total. The number of para-hydroxylation sites is 1. The van der Waals surface area contributed by atoms with Gasteiger partial charge in [0, 0.05) is 39.4 Å². The fourth-order valence-corrected chi connectivity index (χ4v) is 9.00. The lowest BCUT2D eigenvalue weighted by Crippen LogP contribution is -2.22. The van der Waals surface area contributed by atoms with Gasteiger partial charge in [0.1, 0.15) is 0 Å². The maximum Gasteiger partial charge on any atom is 0.164 e. The number of anilines is 2. The van der Waals surface area contributed by atoms with Crippen molar-refractivity contribution in [2.45, 2.75) is 19.3 Å². The van der Waals surface area contributed by atoms with E-state index in [0.29, 0.717) is 17.5 Å². The van der Waals surface area contributed by atoms with Crippen LogP contribution in [0, 0.1) is 0 Å². The zero-order valence-electron chi connectivity index (χ0n) is 31.1. The molecule has 0 amide bonds. The van der Waals surface area contributed by atoms with Crippen LogP contribution >= 0.6 is 0 Å². The smallest absolute Gasteiger partial charge is 0.164 e. The van der Waals surface area contributed by atoms with Gasteiger partial charge < -0.3 is 4.90 Å². The minimum Gasteiger partial charge on any atom is -0.316 e. The average Bonchev–Trinajstić information content (AvgIpc) is 3.49.